The summed E-state index contributed by atoms with van der Waals surface area (Å²) in [7, 11) is 0. The lowest BCUT2D eigenvalue weighted by Gasteiger charge is -2.29. The lowest BCUT2D eigenvalue weighted by Crippen LogP contribution is -2.39. The Labute approximate surface area is 159 Å². The molecule has 2 aliphatic rings. The quantitative estimate of drug-likeness (QED) is 0.904. The Morgan fingerprint density at radius 1 is 1.07 bits per heavy atom. The van der Waals surface area contributed by atoms with E-state index in [2.05, 4.69) is 17.2 Å². The molecule has 0 aromatic carbocycles. The van der Waals surface area contributed by atoms with E-state index in [4.69, 9.17) is 0 Å². The van der Waals surface area contributed by atoms with E-state index in [9.17, 15) is 9.59 Å². The van der Waals surface area contributed by atoms with Gasteiger partial charge in [-0.2, -0.15) is 0 Å². The minimum atomic E-state index is -0.170. The SMILES string of the molecule is CC1CCN(C(=O)c2nc(C(=O)NC3CCCCC3)c3ccccn23)CC1. The van der Waals surface area contributed by atoms with E-state index in [0.717, 1.165) is 51.6 Å². The first-order valence-electron chi connectivity index (χ1n) is 10.2. The minimum Gasteiger partial charge on any atom is -0.348 e. The van der Waals surface area contributed by atoms with Crippen LogP contribution in [0, 0.1) is 5.92 Å². The zero-order valence-corrected chi connectivity index (χ0v) is 16.0. The number of likely N-dealkylation sites (tertiary alicyclic amines) is 1. The van der Waals surface area contributed by atoms with Crippen molar-refractivity contribution in [2.75, 3.05) is 13.1 Å². The molecule has 0 radical (unpaired) electrons. The molecule has 1 aliphatic carbocycles. The first-order valence-corrected chi connectivity index (χ1v) is 10.2. The standard InChI is InChI=1S/C21H28N4O2/c1-15-10-13-24(14-11-15)21(27)19-23-18(17-9-5-6-12-25(17)19)20(26)22-16-7-3-2-4-8-16/h5-6,9,12,15-16H,2-4,7-8,10-11,13-14H2,1H3,(H,22,26). The van der Waals surface area contributed by atoms with Crippen LogP contribution in [0.1, 0.15) is 73.0 Å². The topological polar surface area (TPSA) is 66.7 Å². The average Bonchev–Trinajstić information content (AvgIpc) is 3.09. The number of carbonyl (C=O) groups is 2. The summed E-state index contributed by atoms with van der Waals surface area (Å²) in [4.78, 5) is 32.3. The van der Waals surface area contributed by atoms with Crippen LogP contribution < -0.4 is 5.32 Å². The van der Waals surface area contributed by atoms with Crippen molar-refractivity contribution in [2.45, 2.75) is 57.9 Å². The second-order valence-electron chi connectivity index (χ2n) is 8.02. The molecule has 0 spiro atoms. The number of hydrogen-bond acceptors (Lipinski definition) is 3. The van der Waals surface area contributed by atoms with Crippen LogP contribution in [0.3, 0.4) is 0 Å². The molecule has 2 fully saturated rings. The van der Waals surface area contributed by atoms with Gasteiger partial charge in [-0.1, -0.05) is 32.3 Å². The van der Waals surface area contributed by atoms with Gasteiger partial charge in [-0.25, -0.2) is 4.98 Å². The molecule has 1 aliphatic heterocycles. The van der Waals surface area contributed by atoms with E-state index in [-0.39, 0.29) is 17.9 Å². The van der Waals surface area contributed by atoms with Crippen molar-refractivity contribution < 1.29 is 9.59 Å². The number of hydrogen-bond donors (Lipinski definition) is 1. The lowest BCUT2D eigenvalue weighted by atomic mass is 9.95. The number of amides is 2. The highest BCUT2D eigenvalue weighted by Gasteiger charge is 2.28. The van der Waals surface area contributed by atoms with E-state index in [0.29, 0.717) is 23.0 Å². The van der Waals surface area contributed by atoms with Gasteiger partial charge >= 0.3 is 0 Å². The van der Waals surface area contributed by atoms with Crippen LogP contribution in [-0.4, -0.2) is 45.2 Å². The first kappa shape index (κ1) is 18.0. The number of carbonyl (C=O) groups excluding carboxylic acids is 2. The summed E-state index contributed by atoms with van der Waals surface area (Å²) in [5.74, 6) is 0.744. The molecule has 2 aromatic heterocycles. The highest BCUT2D eigenvalue weighted by Crippen LogP contribution is 2.21. The maximum Gasteiger partial charge on any atom is 0.290 e. The number of pyridine rings is 1. The van der Waals surface area contributed by atoms with Gasteiger partial charge in [0.15, 0.2) is 5.69 Å². The van der Waals surface area contributed by atoms with E-state index < -0.39 is 0 Å². The molecule has 0 atom stereocenters. The Hall–Kier alpha value is -2.37. The summed E-state index contributed by atoms with van der Waals surface area (Å²) in [5.41, 5.74) is 1.05. The maximum atomic E-state index is 13.1. The van der Waals surface area contributed by atoms with Gasteiger partial charge in [0, 0.05) is 25.3 Å². The summed E-state index contributed by atoms with van der Waals surface area (Å²) in [6.45, 7) is 3.73. The van der Waals surface area contributed by atoms with Gasteiger partial charge < -0.3 is 10.2 Å². The monoisotopic (exact) mass is 368 g/mol. The normalized spacial score (nSPS) is 19.4. The molecule has 1 N–H and O–H groups in total. The van der Waals surface area contributed by atoms with Crippen LogP contribution in [-0.2, 0) is 0 Å². The van der Waals surface area contributed by atoms with Crippen LogP contribution in [0.25, 0.3) is 5.52 Å². The highest BCUT2D eigenvalue weighted by atomic mass is 16.2. The van der Waals surface area contributed by atoms with Crippen molar-refractivity contribution in [1.82, 2.24) is 19.6 Å². The smallest absolute Gasteiger partial charge is 0.290 e. The van der Waals surface area contributed by atoms with Crippen LogP contribution >= 0.6 is 0 Å². The third-order valence-corrected chi connectivity index (χ3v) is 5.97. The predicted octanol–water partition coefficient (Wildman–Crippen LogP) is 3.27. The summed E-state index contributed by atoms with van der Waals surface area (Å²) in [6.07, 6.45) is 9.46. The third-order valence-electron chi connectivity index (χ3n) is 5.97. The summed E-state index contributed by atoms with van der Waals surface area (Å²) in [6, 6.07) is 5.82. The highest BCUT2D eigenvalue weighted by molar-refractivity contribution is 6.02. The van der Waals surface area contributed by atoms with Crippen molar-refractivity contribution in [3.63, 3.8) is 0 Å². The van der Waals surface area contributed by atoms with E-state index in [1.54, 1.807) is 4.40 Å². The van der Waals surface area contributed by atoms with Crippen molar-refractivity contribution >= 4 is 17.3 Å². The van der Waals surface area contributed by atoms with Crippen molar-refractivity contribution in [3.8, 4) is 0 Å². The molecule has 0 bridgehead atoms. The molecule has 6 nitrogen and oxygen atoms in total. The molecule has 4 rings (SSSR count). The van der Waals surface area contributed by atoms with Crippen LogP contribution in [0.2, 0.25) is 0 Å². The maximum absolute atomic E-state index is 13.1. The van der Waals surface area contributed by atoms with Gasteiger partial charge in [-0.3, -0.25) is 14.0 Å². The van der Waals surface area contributed by atoms with Crippen molar-refractivity contribution in [3.05, 3.63) is 35.9 Å². The van der Waals surface area contributed by atoms with Gasteiger partial charge in [0.2, 0.25) is 5.82 Å². The fourth-order valence-corrected chi connectivity index (χ4v) is 4.21. The number of rotatable bonds is 3. The molecule has 2 amide bonds. The van der Waals surface area contributed by atoms with Crippen LogP contribution in [0.5, 0.6) is 0 Å². The molecule has 2 aromatic rings. The Morgan fingerprint density at radius 2 is 1.81 bits per heavy atom. The number of nitrogens with one attached hydrogen (secondary N) is 1. The zero-order chi connectivity index (χ0) is 18.8. The Morgan fingerprint density at radius 3 is 2.56 bits per heavy atom. The molecular formula is C21H28N4O2. The average molecular weight is 368 g/mol. The Bertz CT molecular complexity index is 830. The lowest BCUT2D eigenvalue weighted by molar-refractivity contribution is 0.0684. The molecule has 3 heterocycles. The summed E-state index contributed by atoms with van der Waals surface area (Å²) in [5, 5.41) is 3.13. The zero-order valence-electron chi connectivity index (χ0n) is 16.0. The predicted molar refractivity (Wildman–Crippen MR) is 104 cm³/mol. The van der Waals surface area contributed by atoms with Crippen LogP contribution in [0.4, 0.5) is 0 Å². The molecule has 0 unspecified atom stereocenters. The van der Waals surface area contributed by atoms with Crippen molar-refractivity contribution in [1.29, 1.82) is 0 Å². The fourth-order valence-electron chi connectivity index (χ4n) is 4.21. The number of piperidine rings is 1. The first-order chi connectivity index (χ1) is 13.1. The molecular weight excluding hydrogens is 340 g/mol. The van der Waals surface area contributed by atoms with Crippen LogP contribution in [0.15, 0.2) is 24.4 Å². The van der Waals surface area contributed by atoms with Gasteiger partial charge in [0.1, 0.15) is 0 Å². The molecule has 1 saturated heterocycles. The molecule has 27 heavy (non-hydrogen) atoms. The number of fused-ring (bicyclic) bond motifs is 1. The molecule has 144 valence electrons. The minimum absolute atomic E-state index is 0.0835. The van der Waals surface area contributed by atoms with E-state index >= 15 is 0 Å². The molecule has 1 saturated carbocycles. The Balaban J connectivity index is 1.60. The number of nitrogens with zero attached hydrogens (tertiary/aromatic N) is 3. The number of imidazole rings is 1. The second kappa shape index (κ2) is 7.71. The van der Waals surface area contributed by atoms with Gasteiger partial charge in [-0.05, 0) is 43.7 Å². The van der Waals surface area contributed by atoms with E-state index in [1.807, 2.05) is 29.3 Å². The van der Waals surface area contributed by atoms with Gasteiger partial charge in [0.05, 0.1) is 5.52 Å². The Kier molecular flexibility index (Phi) is 5.14. The summed E-state index contributed by atoms with van der Waals surface area (Å²) < 4.78 is 1.76. The molecule has 6 heteroatoms. The fraction of sp³-hybridized carbons (Fsp3) is 0.571. The second-order valence-corrected chi connectivity index (χ2v) is 8.02. The summed E-state index contributed by atoms with van der Waals surface area (Å²) >= 11 is 0. The van der Waals surface area contributed by atoms with Gasteiger partial charge in [-0.15, -0.1) is 0 Å². The van der Waals surface area contributed by atoms with Gasteiger partial charge in [0.25, 0.3) is 11.8 Å². The largest absolute Gasteiger partial charge is 0.348 e. The van der Waals surface area contributed by atoms with Crippen molar-refractivity contribution in [2.24, 2.45) is 5.92 Å². The number of aromatic nitrogens is 2. The third kappa shape index (κ3) is 3.70. The van der Waals surface area contributed by atoms with E-state index in [1.165, 1.54) is 6.42 Å².